The van der Waals surface area contributed by atoms with E-state index in [1.165, 1.54) is 19.3 Å². The average Bonchev–Trinajstić information content (AvgIpc) is 2.48. The zero-order valence-corrected chi connectivity index (χ0v) is 13.2. The van der Waals surface area contributed by atoms with Crippen LogP contribution in [0.15, 0.2) is 18.5 Å². The van der Waals surface area contributed by atoms with E-state index in [1.54, 1.807) is 12.4 Å². The van der Waals surface area contributed by atoms with Gasteiger partial charge in [-0.1, -0.05) is 33.1 Å². The van der Waals surface area contributed by atoms with E-state index < -0.39 is 0 Å². The van der Waals surface area contributed by atoms with E-state index in [1.807, 2.05) is 6.07 Å². The van der Waals surface area contributed by atoms with E-state index in [0.29, 0.717) is 17.5 Å². The molecule has 0 radical (unpaired) electrons. The molecule has 1 aliphatic carbocycles. The van der Waals surface area contributed by atoms with E-state index in [9.17, 15) is 4.79 Å². The van der Waals surface area contributed by atoms with E-state index >= 15 is 0 Å². The maximum Gasteiger partial charge on any atom is 0.253 e. The predicted molar refractivity (Wildman–Crippen MR) is 86.5 cm³/mol. The highest BCUT2D eigenvalue weighted by atomic mass is 16.1. The number of hydrogen-bond acceptors (Lipinski definition) is 3. The third kappa shape index (κ3) is 5.37. The smallest absolute Gasteiger partial charge is 0.253 e. The summed E-state index contributed by atoms with van der Waals surface area (Å²) in [6, 6.07) is 2.23. The molecule has 1 saturated carbocycles. The van der Waals surface area contributed by atoms with Crippen LogP contribution in [0.2, 0.25) is 0 Å². The lowest BCUT2D eigenvalue weighted by molar-refractivity contribution is 0.0927. The van der Waals surface area contributed by atoms with Crippen LogP contribution in [0, 0.1) is 5.92 Å². The molecule has 116 valence electrons. The normalized spacial score (nSPS) is 16.0. The van der Waals surface area contributed by atoms with Crippen molar-refractivity contribution in [2.24, 2.45) is 5.92 Å². The fourth-order valence-electron chi connectivity index (χ4n) is 2.68. The largest absolute Gasteiger partial charge is 0.384 e. The Kier molecular flexibility index (Phi) is 6.03. The molecule has 0 spiro atoms. The monoisotopic (exact) mass is 289 g/mol. The Morgan fingerprint density at radius 3 is 2.76 bits per heavy atom. The molecule has 4 nitrogen and oxygen atoms in total. The Hall–Kier alpha value is -1.58. The molecule has 0 saturated heterocycles. The van der Waals surface area contributed by atoms with Crippen molar-refractivity contribution in [2.45, 2.75) is 58.4 Å². The predicted octanol–water partition coefficient (Wildman–Crippen LogP) is 3.60. The summed E-state index contributed by atoms with van der Waals surface area (Å²) in [4.78, 5) is 16.4. The first kappa shape index (κ1) is 15.8. The van der Waals surface area contributed by atoms with Crippen LogP contribution in [0.5, 0.6) is 0 Å². The number of anilines is 1. The van der Waals surface area contributed by atoms with Gasteiger partial charge in [0.15, 0.2) is 0 Å². The highest BCUT2D eigenvalue weighted by molar-refractivity contribution is 5.94. The number of amides is 1. The summed E-state index contributed by atoms with van der Waals surface area (Å²) in [7, 11) is 0. The minimum Gasteiger partial charge on any atom is -0.384 e. The van der Waals surface area contributed by atoms with Crippen molar-refractivity contribution < 1.29 is 4.79 Å². The van der Waals surface area contributed by atoms with Gasteiger partial charge in [0.05, 0.1) is 11.3 Å². The first-order valence-corrected chi connectivity index (χ1v) is 8.15. The fourth-order valence-corrected chi connectivity index (χ4v) is 2.68. The van der Waals surface area contributed by atoms with Gasteiger partial charge >= 0.3 is 0 Å². The molecule has 4 heteroatoms. The zero-order valence-electron chi connectivity index (χ0n) is 13.2. The van der Waals surface area contributed by atoms with Gasteiger partial charge in [-0.15, -0.1) is 0 Å². The first-order chi connectivity index (χ1) is 10.1. The van der Waals surface area contributed by atoms with E-state index in [0.717, 1.165) is 31.5 Å². The van der Waals surface area contributed by atoms with Crippen molar-refractivity contribution in [1.82, 2.24) is 10.3 Å². The zero-order chi connectivity index (χ0) is 15.1. The lowest BCUT2D eigenvalue weighted by Crippen LogP contribution is -2.36. The van der Waals surface area contributed by atoms with Gasteiger partial charge in [0.2, 0.25) is 0 Å². The molecule has 0 aliphatic heterocycles. The summed E-state index contributed by atoms with van der Waals surface area (Å²) in [6.07, 6.45) is 10.5. The molecule has 1 fully saturated rings. The molecule has 1 heterocycles. The maximum absolute atomic E-state index is 12.3. The number of aromatic nitrogens is 1. The number of carbonyl (C=O) groups excluding carboxylic acids is 1. The van der Waals surface area contributed by atoms with Crippen molar-refractivity contribution in [3.05, 3.63) is 24.0 Å². The molecule has 0 aromatic carbocycles. The average molecular weight is 289 g/mol. The summed E-state index contributed by atoms with van der Waals surface area (Å²) in [5.41, 5.74) is 1.57. The molecule has 21 heavy (non-hydrogen) atoms. The van der Waals surface area contributed by atoms with Crippen LogP contribution in [0.4, 0.5) is 5.69 Å². The van der Waals surface area contributed by atoms with Crippen LogP contribution in [-0.4, -0.2) is 23.5 Å². The highest BCUT2D eigenvalue weighted by Gasteiger charge is 2.16. The van der Waals surface area contributed by atoms with Crippen molar-refractivity contribution in [3.63, 3.8) is 0 Å². The molecule has 2 N–H and O–H groups in total. The van der Waals surface area contributed by atoms with Crippen LogP contribution in [0.1, 0.15) is 62.7 Å². The summed E-state index contributed by atoms with van der Waals surface area (Å²) in [5, 5.41) is 6.46. The second kappa shape index (κ2) is 8.01. The molecule has 0 bridgehead atoms. The molecule has 1 amide bonds. The molecule has 0 atom stereocenters. The molecule has 0 unspecified atom stereocenters. The van der Waals surface area contributed by atoms with Crippen molar-refractivity contribution in [1.29, 1.82) is 0 Å². The van der Waals surface area contributed by atoms with Gasteiger partial charge < -0.3 is 10.6 Å². The van der Waals surface area contributed by atoms with Gasteiger partial charge in [-0.2, -0.15) is 0 Å². The first-order valence-electron chi connectivity index (χ1n) is 8.15. The number of pyridine rings is 1. The van der Waals surface area contributed by atoms with Crippen LogP contribution in [0.25, 0.3) is 0 Å². The molecule has 1 aromatic heterocycles. The number of nitrogens with one attached hydrogen (secondary N) is 2. The second-order valence-electron chi connectivity index (χ2n) is 6.38. The van der Waals surface area contributed by atoms with Gasteiger partial charge in [-0.05, 0) is 31.2 Å². The molecule has 2 rings (SSSR count). The number of nitrogens with zero attached hydrogens (tertiary/aromatic N) is 1. The Balaban J connectivity index is 1.88. The Morgan fingerprint density at radius 2 is 2.05 bits per heavy atom. The van der Waals surface area contributed by atoms with Crippen molar-refractivity contribution >= 4 is 11.6 Å². The summed E-state index contributed by atoms with van der Waals surface area (Å²) in [6.45, 7) is 5.31. The van der Waals surface area contributed by atoms with Crippen LogP contribution < -0.4 is 10.6 Å². The number of carbonyl (C=O) groups is 1. The fraction of sp³-hybridized carbons (Fsp3) is 0.647. The minimum absolute atomic E-state index is 0.00177. The van der Waals surface area contributed by atoms with Crippen molar-refractivity contribution in [3.8, 4) is 0 Å². The van der Waals surface area contributed by atoms with Crippen LogP contribution >= 0.6 is 0 Å². The highest BCUT2D eigenvalue weighted by Crippen LogP contribution is 2.18. The van der Waals surface area contributed by atoms with Crippen molar-refractivity contribution in [2.75, 3.05) is 11.9 Å². The van der Waals surface area contributed by atoms with Crippen LogP contribution in [-0.2, 0) is 0 Å². The Bertz CT molecular complexity index is 453. The molecule has 1 aromatic rings. The van der Waals surface area contributed by atoms with E-state index in [4.69, 9.17) is 0 Å². The van der Waals surface area contributed by atoms with Gasteiger partial charge in [0, 0.05) is 25.0 Å². The minimum atomic E-state index is 0.00177. The lowest BCUT2D eigenvalue weighted by atomic mass is 9.95. The standard InChI is InChI=1S/C17H27N3O/c1-13(2)8-9-19-16-10-14(11-18-12-16)17(21)20-15-6-4-3-5-7-15/h10-13,15,19H,3-9H2,1-2H3,(H,20,21). The number of hydrogen-bond donors (Lipinski definition) is 2. The van der Waals surface area contributed by atoms with Gasteiger partial charge in [-0.25, -0.2) is 0 Å². The van der Waals surface area contributed by atoms with Gasteiger partial charge in [-0.3, -0.25) is 9.78 Å². The summed E-state index contributed by atoms with van der Waals surface area (Å²) >= 11 is 0. The second-order valence-corrected chi connectivity index (χ2v) is 6.38. The topological polar surface area (TPSA) is 54.0 Å². The lowest BCUT2D eigenvalue weighted by Gasteiger charge is -2.22. The quantitative estimate of drug-likeness (QED) is 0.841. The van der Waals surface area contributed by atoms with E-state index in [-0.39, 0.29) is 5.91 Å². The van der Waals surface area contributed by atoms with E-state index in [2.05, 4.69) is 29.5 Å². The SMILES string of the molecule is CC(C)CCNc1cncc(C(=O)NC2CCCCC2)c1. The third-order valence-corrected chi connectivity index (χ3v) is 3.99. The Morgan fingerprint density at radius 1 is 1.29 bits per heavy atom. The summed E-state index contributed by atoms with van der Waals surface area (Å²) in [5.74, 6) is 0.671. The molecular weight excluding hydrogens is 262 g/mol. The molecular formula is C17H27N3O. The van der Waals surface area contributed by atoms with Gasteiger partial charge in [0.1, 0.15) is 0 Å². The third-order valence-electron chi connectivity index (χ3n) is 3.99. The number of rotatable bonds is 6. The maximum atomic E-state index is 12.3. The molecule has 1 aliphatic rings. The Labute approximate surface area is 127 Å². The summed E-state index contributed by atoms with van der Waals surface area (Å²) < 4.78 is 0. The van der Waals surface area contributed by atoms with Gasteiger partial charge in [0.25, 0.3) is 5.91 Å². The van der Waals surface area contributed by atoms with Crippen LogP contribution in [0.3, 0.4) is 0 Å².